The highest BCUT2D eigenvalue weighted by Gasteiger charge is 2.43. The van der Waals surface area contributed by atoms with Crippen LogP contribution in [-0.4, -0.2) is 48.7 Å². The summed E-state index contributed by atoms with van der Waals surface area (Å²) in [5.41, 5.74) is 0.377. The lowest BCUT2D eigenvalue weighted by atomic mass is 9.76. The molecule has 0 unspecified atom stereocenters. The van der Waals surface area contributed by atoms with E-state index in [1.807, 2.05) is 13.0 Å². The Morgan fingerprint density at radius 1 is 1.42 bits per heavy atom. The molecule has 0 radical (unpaired) electrons. The lowest BCUT2D eigenvalue weighted by molar-refractivity contribution is -0.152. The zero-order chi connectivity index (χ0) is 17.7. The maximum atomic E-state index is 12.8. The topological polar surface area (TPSA) is 66.8 Å². The van der Waals surface area contributed by atoms with E-state index in [1.54, 1.807) is 24.1 Å². The predicted molar refractivity (Wildman–Crippen MR) is 92.5 cm³/mol. The summed E-state index contributed by atoms with van der Waals surface area (Å²) >= 11 is 6.26. The van der Waals surface area contributed by atoms with Crippen molar-refractivity contribution in [1.29, 1.82) is 0 Å². The molecule has 1 amide bonds. The second kappa shape index (κ2) is 7.99. The lowest BCUT2D eigenvalue weighted by Crippen LogP contribution is -2.50. The first-order chi connectivity index (χ1) is 11.4. The van der Waals surface area contributed by atoms with Crippen molar-refractivity contribution in [3.63, 3.8) is 0 Å². The molecule has 0 bridgehead atoms. The van der Waals surface area contributed by atoms with Gasteiger partial charge in [0.15, 0.2) is 0 Å². The summed E-state index contributed by atoms with van der Waals surface area (Å²) in [6, 6.07) is 5.34. The van der Waals surface area contributed by atoms with Crippen LogP contribution in [0.2, 0.25) is 5.02 Å². The van der Waals surface area contributed by atoms with Crippen LogP contribution in [0.15, 0.2) is 18.2 Å². The number of aryl methyl sites for hydroxylation is 1. The van der Waals surface area contributed by atoms with Gasteiger partial charge in [-0.15, -0.1) is 0 Å². The maximum absolute atomic E-state index is 12.8. The molecule has 0 spiro atoms. The molecule has 0 saturated carbocycles. The molecule has 0 aromatic heterocycles. The molecule has 1 saturated heterocycles. The molecule has 2 rings (SSSR count). The number of carbonyl (C=O) groups is 2. The van der Waals surface area contributed by atoms with Crippen molar-refractivity contribution in [2.45, 2.75) is 32.6 Å². The molecule has 0 aliphatic carbocycles. The van der Waals surface area contributed by atoms with Gasteiger partial charge in [-0.25, -0.2) is 0 Å². The summed E-state index contributed by atoms with van der Waals surface area (Å²) < 4.78 is 5.04. The molecular weight excluding hydrogens is 330 g/mol. The van der Waals surface area contributed by atoms with Gasteiger partial charge in [0.1, 0.15) is 0 Å². The monoisotopic (exact) mass is 353 g/mol. The molecule has 1 atom stereocenters. The predicted octanol–water partition coefficient (Wildman–Crippen LogP) is 3.38. The number of rotatable bonds is 6. The van der Waals surface area contributed by atoms with Crippen molar-refractivity contribution in [2.24, 2.45) is 5.41 Å². The zero-order valence-corrected chi connectivity index (χ0v) is 14.9. The number of carboxylic acid groups (broad SMARTS) is 1. The molecule has 1 aromatic carbocycles. The van der Waals surface area contributed by atoms with Gasteiger partial charge in [-0.1, -0.05) is 23.7 Å². The SMILES string of the molecule is COCCC[C@@]1(C(=O)O)CCCN(C(=O)c2cccc(C)c2Cl)C1. The molecule has 1 aliphatic heterocycles. The second-order valence-electron chi connectivity index (χ2n) is 6.45. The van der Waals surface area contributed by atoms with E-state index in [9.17, 15) is 14.7 Å². The third kappa shape index (κ3) is 3.90. The van der Waals surface area contributed by atoms with Crippen molar-refractivity contribution >= 4 is 23.5 Å². The minimum absolute atomic E-state index is 0.194. The van der Waals surface area contributed by atoms with Crippen LogP contribution in [0.1, 0.15) is 41.6 Å². The lowest BCUT2D eigenvalue weighted by Gasteiger charge is -2.40. The maximum Gasteiger partial charge on any atom is 0.311 e. The van der Waals surface area contributed by atoms with Crippen LogP contribution >= 0.6 is 11.6 Å². The summed E-state index contributed by atoms with van der Waals surface area (Å²) in [5, 5.41) is 10.2. The van der Waals surface area contributed by atoms with Gasteiger partial charge in [-0.3, -0.25) is 9.59 Å². The second-order valence-corrected chi connectivity index (χ2v) is 6.83. The highest BCUT2D eigenvalue weighted by atomic mass is 35.5. The van der Waals surface area contributed by atoms with E-state index in [1.165, 1.54) is 0 Å². The van der Waals surface area contributed by atoms with Crippen LogP contribution in [0.5, 0.6) is 0 Å². The number of benzene rings is 1. The third-order valence-electron chi connectivity index (χ3n) is 4.74. The first-order valence-corrected chi connectivity index (χ1v) is 8.56. The zero-order valence-electron chi connectivity index (χ0n) is 14.2. The number of nitrogens with zero attached hydrogens (tertiary/aromatic N) is 1. The van der Waals surface area contributed by atoms with E-state index < -0.39 is 11.4 Å². The molecule has 1 N–H and O–H groups in total. The van der Waals surface area contributed by atoms with Crippen LogP contribution in [0, 0.1) is 12.3 Å². The number of hydrogen-bond donors (Lipinski definition) is 1. The molecule has 132 valence electrons. The number of amides is 1. The number of carboxylic acids is 1. The Kier molecular flexibility index (Phi) is 6.24. The normalized spacial score (nSPS) is 20.9. The number of aliphatic carboxylic acids is 1. The number of ether oxygens (including phenoxy) is 1. The minimum atomic E-state index is -0.900. The summed E-state index contributed by atoms with van der Waals surface area (Å²) in [7, 11) is 1.60. The van der Waals surface area contributed by atoms with Gasteiger partial charge in [0, 0.05) is 26.8 Å². The molecule has 1 aliphatic rings. The fourth-order valence-corrected chi connectivity index (χ4v) is 3.54. The number of methoxy groups -OCH3 is 1. The largest absolute Gasteiger partial charge is 0.481 e. The van der Waals surface area contributed by atoms with Gasteiger partial charge in [0.05, 0.1) is 16.0 Å². The molecule has 1 aromatic rings. The Morgan fingerprint density at radius 2 is 2.17 bits per heavy atom. The number of halogens is 1. The van der Waals surface area contributed by atoms with Gasteiger partial charge >= 0.3 is 5.97 Å². The molecule has 1 fully saturated rings. The first-order valence-electron chi connectivity index (χ1n) is 8.18. The fraction of sp³-hybridized carbons (Fsp3) is 0.556. The minimum Gasteiger partial charge on any atom is -0.481 e. The van der Waals surface area contributed by atoms with E-state index >= 15 is 0 Å². The number of carbonyl (C=O) groups excluding carboxylic acids is 1. The average Bonchev–Trinajstić information content (AvgIpc) is 2.57. The fourth-order valence-electron chi connectivity index (χ4n) is 3.33. The van der Waals surface area contributed by atoms with Crippen LogP contribution < -0.4 is 0 Å². The molecule has 6 heteroatoms. The standard InChI is InChI=1S/C18H24ClNO4/c1-13-6-3-7-14(15(13)19)16(21)20-10-4-8-18(12-20,17(22)23)9-5-11-24-2/h3,6-7H,4-5,8-12H2,1-2H3,(H,22,23)/t18-/m0/s1. The van der Waals surface area contributed by atoms with Gasteiger partial charge in [0.25, 0.3) is 5.91 Å². The van der Waals surface area contributed by atoms with Crippen LogP contribution in [0.4, 0.5) is 0 Å². The van der Waals surface area contributed by atoms with E-state index in [0.717, 1.165) is 5.56 Å². The van der Waals surface area contributed by atoms with Crippen molar-refractivity contribution < 1.29 is 19.4 Å². The van der Waals surface area contributed by atoms with Crippen molar-refractivity contribution in [3.05, 3.63) is 34.3 Å². The Labute approximate surface area is 147 Å². The Hall–Kier alpha value is -1.59. The Balaban J connectivity index is 2.20. The number of hydrogen-bond acceptors (Lipinski definition) is 3. The smallest absolute Gasteiger partial charge is 0.311 e. The van der Waals surface area contributed by atoms with Crippen molar-refractivity contribution in [1.82, 2.24) is 4.90 Å². The third-order valence-corrected chi connectivity index (χ3v) is 5.25. The van der Waals surface area contributed by atoms with E-state index in [0.29, 0.717) is 49.4 Å². The van der Waals surface area contributed by atoms with Gasteiger partial charge in [-0.2, -0.15) is 0 Å². The highest BCUT2D eigenvalue weighted by molar-refractivity contribution is 6.34. The van der Waals surface area contributed by atoms with E-state index in [4.69, 9.17) is 16.3 Å². The van der Waals surface area contributed by atoms with Gasteiger partial charge in [-0.05, 0) is 44.2 Å². The molecule has 24 heavy (non-hydrogen) atoms. The van der Waals surface area contributed by atoms with Crippen LogP contribution in [0.3, 0.4) is 0 Å². The number of likely N-dealkylation sites (tertiary alicyclic amines) is 1. The Morgan fingerprint density at radius 3 is 2.83 bits per heavy atom. The molecule has 5 nitrogen and oxygen atoms in total. The van der Waals surface area contributed by atoms with Crippen molar-refractivity contribution in [3.8, 4) is 0 Å². The van der Waals surface area contributed by atoms with Crippen molar-refractivity contribution in [2.75, 3.05) is 26.8 Å². The average molecular weight is 354 g/mol. The van der Waals surface area contributed by atoms with Crippen LogP contribution in [-0.2, 0) is 9.53 Å². The summed E-state index contributed by atoms with van der Waals surface area (Å²) in [5.74, 6) is -1.03. The number of piperidine rings is 1. The van der Waals surface area contributed by atoms with E-state index in [-0.39, 0.29) is 12.5 Å². The molecule has 1 heterocycles. The Bertz CT molecular complexity index is 619. The molecular formula is C18H24ClNO4. The first kappa shape index (κ1) is 18.7. The summed E-state index contributed by atoms with van der Waals surface area (Å²) in [6.07, 6.45) is 2.42. The van der Waals surface area contributed by atoms with E-state index in [2.05, 4.69) is 0 Å². The van der Waals surface area contributed by atoms with Gasteiger partial charge in [0.2, 0.25) is 0 Å². The van der Waals surface area contributed by atoms with Gasteiger partial charge < -0.3 is 14.7 Å². The van der Waals surface area contributed by atoms with Crippen LogP contribution in [0.25, 0.3) is 0 Å². The summed E-state index contributed by atoms with van der Waals surface area (Å²) in [4.78, 5) is 26.4. The highest BCUT2D eigenvalue weighted by Crippen LogP contribution is 2.36. The summed E-state index contributed by atoms with van der Waals surface area (Å²) in [6.45, 7) is 3.14. The quantitative estimate of drug-likeness (QED) is 0.796.